The Bertz CT molecular complexity index is 287. The van der Waals surface area contributed by atoms with Crippen molar-refractivity contribution < 1.29 is 9.59 Å². The molecule has 0 N–H and O–H groups in total. The van der Waals surface area contributed by atoms with Gasteiger partial charge in [-0.2, -0.15) is 0 Å². The molecule has 1 spiro atoms. The number of rotatable bonds is 3. The van der Waals surface area contributed by atoms with Gasteiger partial charge in [0.15, 0.2) is 0 Å². The molecular weight excluding hydrogens is 200 g/mol. The van der Waals surface area contributed by atoms with Crippen LogP contribution in [-0.2, 0) is 9.59 Å². The number of carbonyl (C=O) groups is 2. The molecule has 2 rings (SSSR count). The predicted molar refractivity (Wildman–Crippen MR) is 63.2 cm³/mol. The molecule has 90 valence electrons. The zero-order chi connectivity index (χ0) is 11.6. The van der Waals surface area contributed by atoms with Crippen molar-refractivity contribution in [1.29, 1.82) is 0 Å². The van der Waals surface area contributed by atoms with E-state index in [4.69, 9.17) is 0 Å². The standard InChI is InChI=1S/C14H22O2/c1-2-5-12(15)11-10-14(7-3-4-8-14)9-6-13(11)16/h11H,2-10H2,1H3. The van der Waals surface area contributed by atoms with Crippen LogP contribution in [0.2, 0.25) is 0 Å². The van der Waals surface area contributed by atoms with Crippen molar-refractivity contribution in [2.45, 2.75) is 64.7 Å². The monoisotopic (exact) mass is 222 g/mol. The molecule has 0 heterocycles. The molecule has 1 unspecified atom stereocenters. The van der Waals surface area contributed by atoms with E-state index in [1.165, 1.54) is 25.7 Å². The van der Waals surface area contributed by atoms with E-state index in [1.807, 2.05) is 6.92 Å². The Morgan fingerprint density at radius 1 is 1.31 bits per heavy atom. The van der Waals surface area contributed by atoms with E-state index < -0.39 is 0 Å². The fourth-order valence-corrected chi connectivity index (χ4v) is 3.50. The maximum absolute atomic E-state index is 11.9. The van der Waals surface area contributed by atoms with Crippen LogP contribution >= 0.6 is 0 Å². The summed E-state index contributed by atoms with van der Waals surface area (Å²) in [5, 5.41) is 0. The number of hydrogen-bond donors (Lipinski definition) is 0. The van der Waals surface area contributed by atoms with Gasteiger partial charge in [-0.3, -0.25) is 9.59 Å². The summed E-state index contributed by atoms with van der Waals surface area (Å²) in [5.41, 5.74) is 0.363. The van der Waals surface area contributed by atoms with E-state index in [0.29, 0.717) is 18.3 Å². The highest BCUT2D eigenvalue weighted by molar-refractivity contribution is 6.02. The fraction of sp³-hybridized carbons (Fsp3) is 0.857. The van der Waals surface area contributed by atoms with Crippen molar-refractivity contribution in [1.82, 2.24) is 0 Å². The molecule has 1 atom stereocenters. The highest BCUT2D eigenvalue weighted by Crippen LogP contribution is 2.50. The largest absolute Gasteiger partial charge is 0.299 e. The van der Waals surface area contributed by atoms with Crippen LogP contribution in [0.4, 0.5) is 0 Å². The lowest BCUT2D eigenvalue weighted by Crippen LogP contribution is -2.36. The Labute approximate surface area is 97.8 Å². The van der Waals surface area contributed by atoms with Crippen molar-refractivity contribution in [3.63, 3.8) is 0 Å². The summed E-state index contributed by atoms with van der Waals surface area (Å²) in [4.78, 5) is 23.8. The molecule has 2 saturated carbocycles. The third kappa shape index (κ3) is 2.21. The first-order chi connectivity index (χ1) is 7.67. The first-order valence-corrected chi connectivity index (χ1v) is 6.72. The molecule has 0 aromatic rings. The van der Waals surface area contributed by atoms with Crippen LogP contribution in [0.25, 0.3) is 0 Å². The van der Waals surface area contributed by atoms with Crippen LogP contribution in [-0.4, -0.2) is 11.6 Å². The minimum absolute atomic E-state index is 0.207. The third-order valence-corrected chi connectivity index (χ3v) is 4.48. The molecule has 0 aromatic heterocycles. The summed E-state index contributed by atoms with van der Waals surface area (Å²) in [6.45, 7) is 2.01. The third-order valence-electron chi connectivity index (χ3n) is 4.48. The molecule has 0 saturated heterocycles. The van der Waals surface area contributed by atoms with Gasteiger partial charge < -0.3 is 0 Å². The molecular formula is C14H22O2. The zero-order valence-electron chi connectivity index (χ0n) is 10.3. The van der Waals surface area contributed by atoms with Crippen LogP contribution in [0, 0.1) is 11.3 Å². The van der Waals surface area contributed by atoms with Crippen LogP contribution in [0.15, 0.2) is 0 Å². The maximum atomic E-state index is 11.9. The van der Waals surface area contributed by atoms with Crippen LogP contribution < -0.4 is 0 Å². The summed E-state index contributed by atoms with van der Waals surface area (Å²) in [7, 11) is 0. The number of Topliss-reactive ketones (excluding diaryl/α,β-unsaturated/α-hetero) is 2. The molecule has 0 aromatic carbocycles. The Balaban J connectivity index is 2.05. The fourth-order valence-electron chi connectivity index (χ4n) is 3.50. The van der Waals surface area contributed by atoms with Crippen molar-refractivity contribution in [2.75, 3.05) is 0 Å². The van der Waals surface area contributed by atoms with Gasteiger partial charge in [-0.05, 0) is 37.5 Å². The number of hydrogen-bond acceptors (Lipinski definition) is 2. The predicted octanol–water partition coefficient (Wildman–Crippen LogP) is 3.29. The van der Waals surface area contributed by atoms with Gasteiger partial charge in [-0.25, -0.2) is 0 Å². The van der Waals surface area contributed by atoms with Gasteiger partial charge in [0.25, 0.3) is 0 Å². The SMILES string of the molecule is CCCC(=O)C1CC2(CCCC2)CCC1=O. The van der Waals surface area contributed by atoms with Crippen LogP contribution in [0.1, 0.15) is 64.7 Å². The molecule has 2 nitrogen and oxygen atoms in total. The Hall–Kier alpha value is -0.660. The molecule has 2 fully saturated rings. The smallest absolute Gasteiger partial charge is 0.143 e. The van der Waals surface area contributed by atoms with E-state index in [1.54, 1.807) is 0 Å². The van der Waals surface area contributed by atoms with Crippen molar-refractivity contribution in [2.24, 2.45) is 11.3 Å². The minimum atomic E-state index is -0.244. The molecule has 2 aliphatic carbocycles. The molecule has 2 aliphatic rings. The molecule has 0 aliphatic heterocycles. The van der Waals surface area contributed by atoms with E-state index in [0.717, 1.165) is 19.3 Å². The lowest BCUT2D eigenvalue weighted by Gasteiger charge is -2.36. The lowest BCUT2D eigenvalue weighted by atomic mass is 9.66. The van der Waals surface area contributed by atoms with Crippen molar-refractivity contribution in [3.8, 4) is 0 Å². The van der Waals surface area contributed by atoms with E-state index >= 15 is 0 Å². The highest BCUT2D eigenvalue weighted by atomic mass is 16.1. The van der Waals surface area contributed by atoms with Gasteiger partial charge in [0, 0.05) is 12.8 Å². The quantitative estimate of drug-likeness (QED) is 0.687. The molecule has 0 amide bonds. The summed E-state index contributed by atoms with van der Waals surface area (Å²) in [5.74, 6) is 0.182. The average molecular weight is 222 g/mol. The van der Waals surface area contributed by atoms with Gasteiger partial charge in [-0.15, -0.1) is 0 Å². The number of carbonyl (C=O) groups excluding carboxylic acids is 2. The van der Waals surface area contributed by atoms with E-state index in [-0.39, 0.29) is 17.5 Å². The first kappa shape index (κ1) is 11.8. The summed E-state index contributed by atoms with van der Waals surface area (Å²) in [6.07, 6.45) is 9.10. The first-order valence-electron chi connectivity index (χ1n) is 6.72. The van der Waals surface area contributed by atoms with Crippen LogP contribution in [0.5, 0.6) is 0 Å². The second-order valence-electron chi connectivity index (χ2n) is 5.65. The molecule has 2 heteroatoms. The van der Waals surface area contributed by atoms with E-state index in [2.05, 4.69) is 0 Å². The van der Waals surface area contributed by atoms with E-state index in [9.17, 15) is 9.59 Å². The lowest BCUT2D eigenvalue weighted by molar-refractivity contribution is -0.137. The maximum Gasteiger partial charge on any atom is 0.143 e. The topological polar surface area (TPSA) is 34.1 Å². The Kier molecular flexibility index (Phi) is 3.46. The second-order valence-corrected chi connectivity index (χ2v) is 5.65. The van der Waals surface area contributed by atoms with Gasteiger partial charge in [-0.1, -0.05) is 19.8 Å². The van der Waals surface area contributed by atoms with Gasteiger partial charge in [0.1, 0.15) is 11.6 Å². The van der Waals surface area contributed by atoms with Crippen molar-refractivity contribution in [3.05, 3.63) is 0 Å². The summed E-state index contributed by atoms with van der Waals surface area (Å²) >= 11 is 0. The van der Waals surface area contributed by atoms with Crippen LogP contribution in [0.3, 0.4) is 0 Å². The molecule has 0 bridgehead atoms. The Morgan fingerprint density at radius 3 is 2.62 bits per heavy atom. The molecule has 16 heavy (non-hydrogen) atoms. The normalized spacial score (nSPS) is 28.6. The highest BCUT2D eigenvalue weighted by Gasteiger charge is 2.43. The summed E-state index contributed by atoms with van der Waals surface area (Å²) < 4.78 is 0. The van der Waals surface area contributed by atoms with Gasteiger partial charge in [0.2, 0.25) is 0 Å². The zero-order valence-corrected chi connectivity index (χ0v) is 10.3. The van der Waals surface area contributed by atoms with Gasteiger partial charge >= 0.3 is 0 Å². The average Bonchev–Trinajstić information content (AvgIpc) is 2.71. The minimum Gasteiger partial charge on any atom is -0.299 e. The molecule has 0 radical (unpaired) electrons. The second kappa shape index (κ2) is 4.68. The summed E-state index contributed by atoms with van der Waals surface area (Å²) in [6, 6.07) is 0. The number of ketones is 2. The Morgan fingerprint density at radius 2 is 2.00 bits per heavy atom. The van der Waals surface area contributed by atoms with Gasteiger partial charge in [0.05, 0.1) is 5.92 Å². The van der Waals surface area contributed by atoms with Crippen molar-refractivity contribution >= 4 is 11.6 Å².